The van der Waals surface area contributed by atoms with Crippen LogP contribution in [0.1, 0.15) is 24.8 Å². The van der Waals surface area contributed by atoms with Crippen molar-refractivity contribution in [3.05, 3.63) is 58.1 Å². The maximum absolute atomic E-state index is 12.2. The van der Waals surface area contributed by atoms with E-state index >= 15 is 0 Å². The summed E-state index contributed by atoms with van der Waals surface area (Å²) in [7, 11) is 0. The molecule has 0 radical (unpaired) electrons. The van der Waals surface area contributed by atoms with E-state index in [1.54, 1.807) is 23.1 Å². The Hall–Kier alpha value is -2.03. The number of carbonyl (C=O) groups excluding carboxylic acids is 1. The lowest BCUT2D eigenvalue weighted by molar-refractivity contribution is -0.137. The lowest BCUT2D eigenvalue weighted by atomic mass is 9.96. The number of ether oxygens (including phenoxy) is 3. The van der Waals surface area contributed by atoms with Crippen LogP contribution in [0.3, 0.4) is 0 Å². The predicted octanol–water partition coefficient (Wildman–Crippen LogP) is 4.03. The highest BCUT2D eigenvalue weighted by Gasteiger charge is 2.31. The highest BCUT2D eigenvalue weighted by molar-refractivity contribution is 6.42. The molecule has 2 saturated heterocycles. The fraction of sp³-hybridized carbons (Fsp3) is 0.500. The van der Waals surface area contributed by atoms with Gasteiger partial charge in [0.1, 0.15) is 18.1 Å². The van der Waals surface area contributed by atoms with Crippen molar-refractivity contribution in [1.82, 2.24) is 9.80 Å². The molecule has 0 spiro atoms. The molecule has 4 rings (SSSR count). The van der Waals surface area contributed by atoms with E-state index < -0.39 is 5.60 Å². The molecular weight excluding hydrogens is 491 g/mol. The normalized spacial score (nSPS) is 21.4. The molecule has 0 unspecified atom stereocenters. The van der Waals surface area contributed by atoms with Crippen LogP contribution in [0, 0.1) is 0 Å². The number of hydrogen-bond donors (Lipinski definition) is 1. The van der Waals surface area contributed by atoms with Crippen molar-refractivity contribution in [2.24, 2.45) is 0 Å². The van der Waals surface area contributed by atoms with Crippen LogP contribution in [-0.4, -0.2) is 79.0 Å². The van der Waals surface area contributed by atoms with Crippen LogP contribution in [0.5, 0.6) is 11.5 Å². The van der Waals surface area contributed by atoms with Crippen molar-refractivity contribution in [2.75, 3.05) is 52.6 Å². The largest absolute Gasteiger partial charge is 0.491 e. The number of halogens is 2. The molecule has 2 aliphatic rings. The maximum atomic E-state index is 12.2. The summed E-state index contributed by atoms with van der Waals surface area (Å²) in [6.45, 7) is 5.12. The summed E-state index contributed by atoms with van der Waals surface area (Å²) in [6.07, 6.45) is 2.18. The number of carbonyl (C=O) groups is 1. The number of morpholine rings is 1. The molecule has 1 atom stereocenters. The molecule has 0 aliphatic carbocycles. The van der Waals surface area contributed by atoms with Gasteiger partial charge in [0, 0.05) is 32.2 Å². The smallest absolute Gasteiger partial charge is 0.260 e. The standard InChI is InChI=1S/C26H32Cl2N2O5/c27-23-7-6-22(16-24(23)28)35-19-26(32)8-1-10-29(11-9-26)17-20-2-4-21(5-3-20)34-18-25(31)30-12-14-33-15-13-30/h2-7,16,32H,1,8-15,17-19H2/t26-/m0/s1. The Balaban J connectivity index is 1.22. The van der Waals surface area contributed by atoms with Gasteiger partial charge in [0.05, 0.1) is 28.9 Å². The zero-order valence-corrected chi connectivity index (χ0v) is 21.3. The Bertz CT molecular complexity index is 984. The van der Waals surface area contributed by atoms with Crippen molar-refractivity contribution in [1.29, 1.82) is 0 Å². The SMILES string of the molecule is O=C(COc1ccc(CN2CCC[C@@](O)(COc3ccc(Cl)c(Cl)c3)CC2)cc1)N1CCOCC1. The predicted molar refractivity (Wildman–Crippen MR) is 135 cm³/mol. The summed E-state index contributed by atoms with van der Waals surface area (Å²) in [4.78, 5) is 16.4. The number of aliphatic hydroxyl groups is 1. The third-order valence-corrected chi connectivity index (χ3v) is 7.20. The number of likely N-dealkylation sites (tertiary alicyclic amines) is 1. The number of hydrogen-bond acceptors (Lipinski definition) is 6. The van der Waals surface area contributed by atoms with E-state index in [4.69, 9.17) is 37.4 Å². The van der Waals surface area contributed by atoms with E-state index in [0.717, 1.165) is 31.6 Å². The zero-order valence-electron chi connectivity index (χ0n) is 19.8. The second-order valence-corrected chi connectivity index (χ2v) is 9.96. The minimum atomic E-state index is -0.883. The van der Waals surface area contributed by atoms with Gasteiger partial charge >= 0.3 is 0 Å². The third kappa shape index (κ3) is 7.72. The van der Waals surface area contributed by atoms with Gasteiger partial charge in [-0.05, 0) is 55.6 Å². The van der Waals surface area contributed by atoms with Gasteiger partial charge in [0.2, 0.25) is 0 Å². The van der Waals surface area contributed by atoms with Crippen LogP contribution in [0.4, 0.5) is 0 Å². The van der Waals surface area contributed by atoms with Gasteiger partial charge in [-0.15, -0.1) is 0 Å². The first-order valence-electron chi connectivity index (χ1n) is 12.0. The van der Waals surface area contributed by atoms with Crippen molar-refractivity contribution < 1.29 is 24.1 Å². The zero-order chi connectivity index (χ0) is 24.7. The summed E-state index contributed by atoms with van der Waals surface area (Å²) in [5, 5.41) is 12.0. The van der Waals surface area contributed by atoms with Gasteiger partial charge in [0.25, 0.3) is 5.91 Å². The highest BCUT2D eigenvalue weighted by atomic mass is 35.5. The Morgan fingerprint density at radius 2 is 1.69 bits per heavy atom. The van der Waals surface area contributed by atoms with Crippen LogP contribution in [0.15, 0.2) is 42.5 Å². The average Bonchev–Trinajstić information content (AvgIpc) is 3.06. The van der Waals surface area contributed by atoms with Crippen LogP contribution in [-0.2, 0) is 16.1 Å². The average molecular weight is 523 g/mol. The number of rotatable bonds is 8. The molecule has 2 aromatic carbocycles. The molecule has 2 heterocycles. The Morgan fingerprint density at radius 1 is 0.943 bits per heavy atom. The summed E-state index contributed by atoms with van der Waals surface area (Å²) < 4.78 is 16.8. The van der Waals surface area contributed by atoms with Crippen LogP contribution in [0.2, 0.25) is 10.0 Å². The Morgan fingerprint density at radius 3 is 2.43 bits per heavy atom. The number of benzene rings is 2. The molecule has 1 amide bonds. The quantitative estimate of drug-likeness (QED) is 0.564. The monoisotopic (exact) mass is 522 g/mol. The third-order valence-electron chi connectivity index (χ3n) is 6.46. The van der Waals surface area contributed by atoms with Gasteiger partial charge in [-0.25, -0.2) is 0 Å². The molecular formula is C26H32Cl2N2O5. The van der Waals surface area contributed by atoms with E-state index in [-0.39, 0.29) is 19.1 Å². The van der Waals surface area contributed by atoms with E-state index in [9.17, 15) is 9.90 Å². The molecule has 0 aromatic heterocycles. The highest BCUT2D eigenvalue weighted by Crippen LogP contribution is 2.29. The van der Waals surface area contributed by atoms with Gasteiger partial charge in [0.15, 0.2) is 6.61 Å². The molecule has 9 heteroatoms. The minimum absolute atomic E-state index is 0.0161. The molecule has 0 bridgehead atoms. The fourth-order valence-electron chi connectivity index (χ4n) is 4.32. The van der Waals surface area contributed by atoms with Gasteiger partial charge < -0.3 is 24.2 Å². The minimum Gasteiger partial charge on any atom is -0.491 e. The van der Waals surface area contributed by atoms with E-state index in [2.05, 4.69) is 4.90 Å². The van der Waals surface area contributed by atoms with Crippen LogP contribution < -0.4 is 9.47 Å². The fourth-order valence-corrected chi connectivity index (χ4v) is 4.61. The maximum Gasteiger partial charge on any atom is 0.260 e. The lowest BCUT2D eigenvalue weighted by Crippen LogP contribution is -2.42. The van der Waals surface area contributed by atoms with Crippen molar-refractivity contribution in [3.63, 3.8) is 0 Å². The summed E-state index contributed by atoms with van der Waals surface area (Å²) in [5.74, 6) is 1.26. The Labute approximate surface area is 216 Å². The summed E-state index contributed by atoms with van der Waals surface area (Å²) in [5.41, 5.74) is 0.278. The first-order chi connectivity index (χ1) is 16.9. The summed E-state index contributed by atoms with van der Waals surface area (Å²) in [6, 6.07) is 13.0. The van der Waals surface area contributed by atoms with Gasteiger partial charge in [-0.1, -0.05) is 35.3 Å². The molecule has 190 valence electrons. The summed E-state index contributed by atoms with van der Waals surface area (Å²) >= 11 is 12.0. The van der Waals surface area contributed by atoms with Crippen LogP contribution >= 0.6 is 23.2 Å². The van der Waals surface area contributed by atoms with E-state index in [1.807, 2.05) is 24.3 Å². The molecule has 2 fully saturated rings. The van der Waals surface area contributed by atoms with Crippen molar-refractivity contribution in [3.8, 4) is 11.5 Å². The van der Waals surface area contributed by atoms with Crippen molar-refractivity contribution in [2.45, 2.75) is 31.4 Å². The molecule has 35 heavy (non-hydrogen) atoms. The molecule has 2 aromatic rings. The molecule has 0 saturated carbocycles. The number of nitrogens with zero attached hydrogens (tertiary/aromatic N) is 2. The first kappa shape index (κ1) is 26.0. The van der Waals surface area contributed by atoms with Gasteiger partial charge in [-0.2, -0.15) is 0 Å². The topological polar surface area (TPSA) is 71.5 Å². The second kappa shape index (κ2) is 12.3. The molecule has 2 aliphatic heterocycles. The second-order valence-electron chi connectivity index (χ2n) is 9.14. The van der Waals surface area contributed by atoms with Gasteiger partial charge in [-0.3, -0.25) is 9.69 Å². The molecule has 7 nitrogen and oxygen atoms in total. The first-order valence-corrected chi connectivity index (χ1v) is 12.8. The van der Waals surface area contributed by atoms with Crippen LogP contribution in [0.25, 0.3) is 0 Å². The number of amides is 1. The van der Waals surface area contributed by atoms with Crippen molar-refractivity contribution >= 4 is 29.1 Å². The molecule has 1 N–H and O–H groups in total. The Kier molecular flexibility index (Phi) is 9.14. The lowest BCUT2D eigenvalue weighted by Gasteiger charge is -2.27. The van der Waals surface area contributed by atoms with E-state index in [0.29, 0.717) is 60.7 Å². The van der Waals surface area contributed by atoms with E-state index in [1.165, 1.54) is 0 Å².